The number of rotatable bonds is 5. The third kappa shape index (κ3) is 3.48. The van der Waals surface area contributed by atoms with E-state index in [1.165, 1.54) is 18.7 Å². The summed E-state index contributed by atoms with van der Waals surface area (Å²) in [6, 6.07) is 5.31. The van der Waals surface area contributed by atoms with E-state index < -0.39 is 11.3 Å². The molecule has 1 N–H and O–H groups in total. The van der Waals surface area contributed by atoms with Crippen molar-refractivity contribution in [2.24, 2.45) is 0 Å². The molecule has 92 valence electrons. The van der Waals surface area contributed by atoms with Crippen LogP contribution in [0.1, 0.15) is 23.4 Å². The number of thioether (sulfide) groups is 1. The van der Waals surface area contributed by atoms with Gasteiger partial charge in [-0.05, 0) is 30.4 Å². The van der Waals surface area contributed by atoms with Gasteiger partial charge in [-0.2, -0.15) is 0 Å². The minimum Gasteiger partial charge on any atom is -0.481 e. The lowest BCUT2D eigenvalue weighted by molar-refractivity contribution is -0.136. The van der Waals surface area contributed by atoms with E-state index in [4.69, 9.17) is 16.7 Å². The molecule has 5 heteroatoms. The van der Waals surface area contributed by atoms with Crippen LogP contribution in [0.25, 0.3) is 0 Å². The van der Waals surface area contributed by atoms with Crippen molar-refractivity contribution in [2.75, 3.05) is 6.26 Å². The molecule has 1 atom stereocenters. The largest absolute Gasteiger partial charge is 0.481 e. The Morgan fingerprint density at radius 1 is 1.47 bits per heavy atom. The molecule has 1 rings (SSSR count). The summed E-state index contributed by atoms with van der Waals surface area (Å²) in [7, 11) is 0. The van der Waals surface area contributed by atoms with E-state index in [1.807, 2.05) is 12.3 Å². The number of benzene rings is 1. The van der Waals surface area contributed by atoms with Crippen LogP contribution in [-0.2, 0) is 16.0 Å². The van der Waals surface area contributed by atoms with E-state index in [2.05, 4.69) is 0 Å². The number of hydrogen-bond donors (Lipinski definition) is 1. The van der Waals surface area contributed by atoms with Crippen LogP contribution in [0.2, 0.25) is 0 Å². The van der Waals surface area contributed by atoms with Crippen molar-refractivity contribution in [3.8, 4) is 0 Å². The highest BCUT2D eigenvalue weighted by Crippen LogP contribution is 2.33. The van der Waals surface area contributed by atoms with Crippen LogP contribution in [-0.4, -0.2) is 23.1 Å². The van der Waals surface area contributed by atoms with E-state index in [0.29, 0.717) is 11.1 Å². The molecular weight excluding hydrogens is 260 g/mol. The fraction of sp³-hybridized carbons (Fsp3) is 0.333. The highest BCUT2D eigenvalue weighted by Gasteiger charge is 2.21. The highest BCUT2D eigenvalue weighted by molar-refractivity contribution is 7.98. The fourth-order valence-electron chi connectivity index (χ4n) is 1.58. The molecule has 0 fully saturated rings. The second kappa shape index (κ2) is 6.07. The number of carboxylic acids is 1. The van der Waals surface area contributed by atoms with Crippen molar-refractivity contribution in [1.82, 2.24) is 0 Å². The maximum atomic E-state index is 11.4. The van der Waals surface area contributed by atoms with Gasteiger partial charge in [0.05, 0.1) is 6.42 Å². The molecule has 1 aromatic rings. The van der Waals surface area contributed by atoms with Crippen LogP contribution >= 0.6 is 23.4 Å². The Morgan fingerprint density at radius 2 is 2.12 bits per heavy atom. The summed E-state index contributed by atoms with van der Waals surface area (Å²) < 4.78 is 0. The lowest BCUT2D eigenvalue weighted by Gasteiger charge is -2.15. The molecule has 0 saturated carbocycles. The SMILES string of the molecule is CSc1cccc(CC(=O)O)c1C(Cl)C(C)=O. The normalized spacial score (nSPS) is 12.2. The summed E-state index contributed by atoms with van der Waals surface area (Å²) in [4.78, 5) is 23.0. The molecule has 0 aromatic heterocycles. The van der Waals surface area contributed by atoms with E-state index in [1.54, 1.807) is 12.1 Å². The van der Waals surface area contributed by atoms with Crippen molar-refractivity contribution in [3.63, 3.8) is 0 Å². The van der Waals surface area contributed by atoms with E-state index in [-0.39, 0.29) is 12.2 Å². The smallest absolute Gasteiger partial charge is 0.307 e. The first-order valence-electron chi connectivity index (χ1n) is 4.99. The first-order valence-corrected chi connectivity index (χ1v) is 6.65. The molecule has 0 spiro atoms. The monoisotopic (exact) mass is 272 g/mol. The Labute approximate surface area is 109 Å². The number of carboxylic acid groups (broad SMARTS) is 1. The van der Waals surface area contributed by atoms with E-state index in [0.717, 1.165) is 4.90 Å². The molecule has 0 bridgehead atoms. The summed E-state index contributed by atoms with van der Waals surface area (Å²) in [6.45, 7) is 1.40. The van der Waals surface area contributed by atoms with Gasteiger partial charge in [0.2, 0.25) is 0 Å². The van der Waals surface area contributed by atoms with Crippen molar-refractivity contribution in [1.29, 1.82) is 0 Å². The van der Waals surface area contributed by atoms with Gasteiger partial charge in [-0.15, -0.1) is 23.4 Å². The first kappa shape index (κ1) is 14.1. The number of carbonyl (C=O) groups excluding carboxylic acids is 1. The Bertz CT molecular complexity index is 445. The molecule has 0 aliphatic carbocycles. The minimum absolute atomic E-state index is 0.125. The zero-order valence-electron chi connectivity index (χ0n) is 9.57. The van der Waals surface area contributed by atoms with Crippen LogP contribution in [0.3, 0.4) is 0 Å². The Hall–Kier alpha value is -1.00. The topological polar surface area (TPSA) is 54.4 Å². The van der Waals surface area contributed by atoms with Crippen molar-refractivity contribution in [2.45, 2.75) is 23.6 Å². The minimum atomic E-state index is -0.933. The lowest BCUT2D eigenvalue weighted by atomic mass is 10.00. The summed E-state index contributed by atoms with van der Waals surface area (Å²) in [5, 5.41) is 8.06. The van der Waals surface area contributed by atoms with E-state index >= 15 is 0 Å². The predicted octanol–water partition coefficient (Wildman–Crippen LogP) is 2.90. The maximum Gasteiger partial charge on any atom is 0.307 e. The van der Waals surface area contributed by atoms with Gasteiger partial charge in [-0.25, -0.2) is 0 Å². The molecule has 1 aromatic carbocycles. The molecule has 1 unspecified atom stereocenters. The van der Waals surface area contributed by atoms with Gasteiger partial charge in [0.1, 0.15) is 5.38 Å². The molecule has 0 radical (unpaired) electrons. The molecule has 0 saturated heterocycles. The van der Waals surface area contributed by atoms with Crippen LogP contribution in [0.15, 0.2) is 23.1 Å². The van der Waals surface area contributed by atoms with Crippen molar-refractivity contribution >= 4 is 35.1 Å². The average molecular weight is 273 g/mol. The average Bonchev–Trinajstić information content (AvgIpc) is 2.26. The number of halogens is 1. The first-order chi connectivity index (χ1) is 7.97. The third-order valence-electron chi connectivity index (χ3n) is 2.33. The number of hydrogen-bond acceptors (Lipinski definition) is 3. The maximum absolute atomic E-state index is 11.4. The second-order valence-electron chi connectivity index (χ2n) is 3.58. The van der Waals surface area contributed by atoms with E-state index in [9.17, 15) is 9.59 Å². The standard InChI is InChI=1S/C12H13ClO3S/c1-7(14)12(13)11-8(6-10(15)16)4-3-5-9(11)17-2/h3-5,12H,6H2,1-2H3,(H,15,16). The number of carbonyl (C=O) groups is 2. The Balaban J connectivity index is 3.29. The van der Waals surface area contributed by atoms with Crippen LogP contribution in [0.5, 0.6) is 0 Å². The molecule has 0 heterocycles. The van der Waals surface area contributed by atoms with Crippen LogP contribution in [0, 0.1) is 0 Å². The van der Waals surface area contributed by atoms with Gasteiger partial charge in [0.15, 0.2) is 5.78 Å². The second-order valence-corrected chi connectivity index (χ2v) is 4.86. The Morgan fingerprint density at radius 3 is 2.59 bits per heavy atom. The van der Waals surface area contributed by atoms with Gasteiger partial charge in [-0.3, -0.25) is 9.59 Å². The molecule has 17 heavy (non-hydrogen) atoms. The van der Waals surface area contributed by atoms with Gasteiger partial charge in [0, 0.05) is 4.90 Å². The quantitative estimate of drug-likeness (QED) is 0.661. The zero-order chi connectivity index (χ0) is 13.0. The van der Waals surface area contributed by atoms with Gasteiger partial charge < -0.3 is 5.11 Å². The number of aliphatic carboxylic acids is 1. The zero-order valence-corrected chi connectivity index (χ0v) is 11.1. The van der Waals surface area contributed by atoms with Crippen molar-refractivity contribution in [3.05, 3.63) is 29.3 Å². The molecule has 3 nitrogen and oxygen atoms in total. The predicted molar refractivity (Wildman–Crippen MR) is 68.8 cm³/mol. The lowest BCUT2D eigenvalue weighted by Crippen LogP contribution is -2.10. The Kier molecular flexibility index (Phi) is 5.02. The van der Waals surface area contributed by atoms with Crippen LogP contribution < -0.4 is 0 Å². The van der Waals surface area contributed by atoms with Gasteiger partial charge in [0.25, 0.3) is 0 Å². The number of alkyl halides is 1. The van der Waals surface area contributed by atoms with Gasteiger partial charge in [-0.1, -0.05) is 12.1 Å². The fourth-order valence-corrected chi connectivity index (χ4v) is 2.58. The highest BCUT2D eigenvalue weighted by atomic mass is 35.5. The third-order valence-corrected chi connectivity index (χ3v) is 3.65. The summed E-state index contributed by atoms with van der Waals surface area (Å²) in [6.07, 6.45) is 1.74. The molecular formula is C12H13ClO3S. The number of Topliss-reactive ketones (excluding diaryl/α,β-unsaturated/α-hetero) is 1. The van der Waals surface area contributed by atoms with Gasteiger partial charge >= 0.3 is 5.97 Å². The summed E-state index contributed by atoms with van der Waals surface area (Å²) >= 11 is 7.51. The molecule has 0 aliphatic heterocycles. The summed E-state index contributed by atoms with van der Waals surface area (Å²) in [5.74, 6) is -1.11. The molecule has 0 aliphatic rings. The molecule has 0 amide bonds. The van der Waals surface area contributed by atoms with Crippen molar-refractivity contribution < 1.29 is 14.7 Å². The van der Waals surface area contributed by atoms with Crippen LogP contribution in [0.4, 0.5) is 0 Å². The number of ketones is 1. The summed E-state index contributed by atoms with van der Waals surface area (Å²) in [5.41, 5.74) is 1.22.